The highest BCUT2D eigenvalue weighted by Gasteiger charge is 2.32. The van der Waals surface area contributed by atoms with Crippen LogP contribution in [0.3, 0.4) is 0 Å². The predicted molar refractivity (Wildman–Crippen MR) is 143 cm³/mol. The summed E-state index contributed by atoms with van der Waals surface area (Å²) in [4.78, 5) is 29.2. The third-order valence-corrected chi connectivity index (χ3v) is 6.09. The number of hydrogen-bond acceptors (Lipinski definition) is 2. The number of benzene rings is 3. The highest BCUT2D eigenvalue weighted by atomic mass is 35.5. The molecule has 35 heavy (non-hydrogen) atoms. The van der Waals surface area contributed by atoms with E-state index in [-0.39, 0.29) is 18.2 Å². The lowest BCUT2D eigenvalue weighted by Gasteiger charge is -2.34. The van der Waals surface area contributed by atoms with E-state index >= 15 is 0 Å². The molecule has 4 nitrogen and oxygen atoms in total. The summed E-state index contributed by atoms with van der Waals surface area (Å²) in [6.07, 6.45) is 0.643. The normalized spacial score (nSPS) is 12.2. The van der Waals surface area contributed by atoms with Gasteiger partial charge >= 0.3 is 0 Å². The molecule has 5 heteroatoms. The molecule has 0 heterocycles. The molecule has 0 saturated heterocycles. The molecule has 0 bridgehead atoms. The molecular weight excluding hydrogens is 456 g/mol. The number of amides is 2. The number of nitrogens with one attached hydrogen (secondary N) is 1. The van der Waals surface area contributed by atoms with Crippen LogP contribution < -0.4 is 5.32 Å². The second-order valence-corrected chi connectivity index (χ2v) is 10.6. The molecule has 3 rings (SSSR count). The Bertz CT molecular complexity index is 1170. The molecule has 0 aromatic heterocycles. The lowest BCUT2D eigenvalue weighted by Crippen LogP contribution is -2.54. The van der Waals surface area contributed by atoms with Crippen molar-refractivity contribution < 1.29 is 9.59 Å². The van der Waals surface area contributed by atoms with Crippen LogP contribution in [-0.4, -0.2) is 28.3 Å². The van der Waals surface area contributed by atoms with E-state index < -0.39 is 11.6 Å². The third kappa shape index (κ3) is 7.97. The van der Waals surface area contributed by atoms with Crippen LogP contribution in [0.25, 0.3) is 0 Å². The minimum atomic E-state index is -0.673. The Kier molecular flexibility index (Phi) is 8.74. The summed E-state index contributed by atoms with van der Waals surface area (Å²) in [5.74, 6) is -0.263. The van der Waals surface area contributed by atoms with Crippen LogP contribution in [-0.2, 0) is 29.0 Å². The highest BCUT2D eigenvalue weighted by molar-refractivity contribution is 6.30. The van der Waals surface area contributed by atoms with Crippen LogP contribution >= 0.6 is 11.6 Å². The standard InChI is InChI=1S/C30H35ClN2O2/c1-21-14-15-22(2)25(16-21)19-28(34)33(20-24-12-9-13-26(31)17-24)27(29(35)32-30(3,4)5)18-23-10-7-6-8-11-23/h6-17,27H,18-20H2,1-5H3,(H,32,35)/t27-/m1/s1. The minimum Gasteiger partial charge on any atom is -0.350 e. The van der Waals surface area contributed by atoms with Crippen molar-refractivity contribution in [2.75, 3.05) is 0 Å². The molecule has 3 aromatic carbocycles. The SMILES string of the molecule is Cc1ccc(C)c(CC(=O)N(Cc2cccc(Cl)c2)[C@H](Cc2ccccc2)C(=O)NC(C)(C)C)c1. The first-order valence-electron chi connectivity index (χ1n) is 12.0. The summed E-state index contributed by atoms with van der Waals surface area (Å²) < 4.78 is 0. The van der Waals surface area contributed by atoms with Gasteiger partial charge in [0.15, 0.2) is 0 Å². The molecule has 0 aliphatic rings. The van der Waals surface area contributed by atoms with E-state index in [2.05, 4.69) is 5.32 Å². The number of carbonyl (C=O) groups excluding carboxylic acids is 2. The molecule has 0 spiro atoms. The third-order valence-electron chi connectivity index (χ3n) is 5.86. The van der Waals surface area contributed by atoms with E-state index in [1.54, 1.807) is 11.0 Å². The van der Waals surface area contributed by atoms with Crippen molar-refractivity contribution in [3.8, 4) is 0 Å². The molecule has 1 atom stereocenters. The quantitative estimate of drug-likeness (QED) is 0.417. The summed E-state index contributed by atoms with van der Waals surface area (Å²) in [6, 6.07) is 22.7. The Labute approximate surface area is 214 Å². The molecule has 184 valence electrons. The number of halogens is 1. The Morgan fingerprint density at radius 3 is 2.26 bits per heavy atom. The van der Waals surface area contributed by atoms with Crippen molar-refractivity contribution in [3.63, 3.8) is 0 Å². The van der Waals surface area contributed by atoms with E-state index in [1.807, 2.05) is 101 Å². The summed E-state index contributed by atoms with van der Waals surface area (Å²) in [5, 5.41) is 3.70. The zero-order chi connectivity index (χ0) is 25.6. The van der Waals surface area contributed by atoms with Crippen LogP contribution in [0.1, 0.15) is 48.6 Å². The van der Waals surface area contributed by atoms with Gasteiger partial charge in [-0.05, 0) is 69.0 Å². The second-order valence-electron chi connectivity index (χ2n) is 10.2. The van der Waals surface area contributed by atoms with E-state index in [0.29, 0.717) is 18.0 Å². The van der Waals surface area contributed by atoms with Crippen molar-refractivity contribution in [2.45, 2.75) is 65.6 Å². The molecular formula is C30H35ClN2O2. The van der Waals surface area contributed by atoms with Gasteiger partial charge in [0.25, 0.3) is 0 Å². The zero-order valence-corrected chi connectivity index (χ0v) is 22.0. The zero-order valence-electron chi connectivity index (χ0n) is 21.3. The first kappa shape index (κ1) is 26.5. The largest absolute Gasteiger partial charge is 0.350 e. The number of rotatable bonds is 8. The first-order valence-corrected chi connectivity index (χ1v) is 12.4. The molecule has 1 N–H and O–H groups in total. The fourth-order valence-corrected chi connectivity index (χ4v) is 4.31. The van der Waals surface area contributed by atoms with Gasteiger partial charge in [0.05, 0.1) is 6.42 Å². The van der Waals surface area contributed by atoms with Gasteiger partial charge in [-0.1, -0.05) is 77.8 Å². The lowest BCUT2D eigenvalue weighted by molar-refractivity contribution is -0.141. The first-order chi connectivity index (χ1) is 16.5. The summed E-state index contributed by atoms with van der Waals surface area (Å²) in [6.45, 7) is 10.2. The molecule has 3 aromatic rings. The molecule has 2 amide bonds. The van der Waals surface area contributed by atoms with E-state index in [0.717, 1.165) is 27.8 Å². The second kappa shape index (κ2) is 11.5. The molecule has 0 fully saturated rings. The summed E-state index contributed by atoms with van der Waals surface area (Å²) in [7, 11) is 0. The van der Waals surface area contributed by atoms with Crippen LogP contribution in [0.15, 0.2) is 72.8 Å². The Morgan fingerprint density at radius 1 is 0.914 bits per heavy atom. The average Bonchev–Trinajstić information content (AvgIpc) is 2.78. The van der Waals surface area contributed by atoms with Gasteiger partial charge in [0.1, 0.15) is 6.04 Å². The number of carbonyl (C=O) groups is 2. The van der Waals surface area contributed by atoms with Crippen LogP contribution in [0.4, 0.5) is 0 Å². The Morgan fingerprint density at radius 2 is 1.60 bits per heavy atom. The van der Waals surface area contributed by atoms with Crippen molar-refractivity contribution in [1.82, 2.24) is 10.2 Å². The maximum Gasteiger partial charge on any atom is 0.243 e. The predicted octanol–water partition coefficient (Wildman–Crippen LogP) is 6.05. The molecule has 0 saturated carbocycles. The summed E-state index contributed by atoms with van der Waals surface area (Å²) in [5.41, 5.74) is 4.59. The minimum absolute atomic E-state index is 0.0938. The van der Waals surface area contributed by atoms with Crippen LogP contribution in [0.2, 0.25) is 5.02 Å². The van der Waals surface area contributed by atoms with E-state index in [4.69, 9.17) is 11.6 Å². The molecule has 0 aliphatic carbocycles. The van der Waals surface area contributed by atoms with Crippen molar-refractivity contribution in [1.29, 1.82) is 0 Å². The van der Waals surface area contributed by atoms with Crippen molar-refractivity contribution in [3.05, 3.63) is 106 Å². The van der Waals surface area contributed by atoms with Gasteiger partial charge in [-0.25, -0.2) is 0 Å². The van der Waals surface area contributed by atoms with Crippen LogP contribution in [0, 0.1) is 13.8 Å². The molecule has 0 radical (unpaired) electrons. The van der Waals surface area contributed by atoms with Gasteiger partial charge in [-0.3, -0.25) is 9.59 Å². The Balaban J connectivity index is 2.02. The van der Waals surface area contributed by atoms with E-state index in [1.165, 1.54) is 0 Å². The average molecular weight is 491 g/mol. The Hall–Kier alpha value is -3.11. The molecule has 0 unspecified atom stereocenters. The van der Waals surface area contributed by atoms with Gasteiger partial charge in [-0.15, -0.1) is 0 Å². The van der Waals surface area contributed by atoms with Gasteiger partial charge in [-0.2, -0.15) is 0 Å². The fourth-order valence-electron chi connectivity index (χ4n) is 4.09. The smallest absolute Gasteiger partial charge is 0.243 e. The van der Waals surface area contributed by atoms with Gasteiger partial charge in [0.2, 0.25) is 11.8 Å². The van der Waals surface area contributed by atoms with Gasteiger partial charge < -0.3 is 10.2 Å². The highest BCUT2D eigenvalue weighted by Crippen LogP contribution is 2.20. The van der Waals surface area contributed by atoms with Crippen molar-refractivity contribution >= 4 is 23.4 Å². The van der Waals surface area contributed by atoms with E-state index in [9.17, 15) is 9.59 Å². The maximum atomic E-state index is 13.9. The van der Waals surface area contributed by atoms with Crippen LogP contribution in [0.5, 0.6) is 0 Å². The maximum absolute atomic E-state index is 13.9. The number of nitrogens with zero attached hydrogens (tertiary/aromatic N) is 1. The number of aryl methyl sites for hydroxylation is 2. The topological polar surface area (TPSA) is 49.4 Å². The van der Waals surface area contributed by atoms with Crippen molar-refractivity contribution in [2.24, 2.45) is 0 Å². The fraction of sp³-hybridized carbons (Fsp3) is 0.333. The molecule has 0 aliphatic heterocycles. The summed E-state index contributed by atoms with van der Waals surface area (Å²) >= 11 is 6.25. The lowest BCUT2D eigenvalue weighted by atomic mass is 9.98. The van der Waals surface area contributed by atoms with Gasteiger partial charge in [0, 0.05) is 23.5 Å². The number of hydrogen-bond donors (Lipinski definition) is 1. The monoisotopic (exact) mass is 490 g/mol.